The Morgan fingerprint density at radius 1 is 1.21 bits per heavy atom. The first kappa shape index (κ1) is 20.5. The van der Waals surface area contributed by atoms with Gasteiger partial charge in [0.25, 0.3) is 5.91 Å². The van der Waals surface area contributed by atoms with Crippen molar-refractivity contribution in [2.45, 2.75) is 6.36 Å². The zero-order chi connectivity index (χ0) is 21.2. The largest absolute Gasteiger partial charge is 0.573 e. The number of halogens is 4. The van der Waals surface area contributed by atoms with Crippen LogP contribution in [-0.4, -0.2) is 22.2 Å². The second-order valence-electron chi connectivity index (χ2n) is 5.47. The summed E-state index contributed by atoms with van der Waals surface area (Å²) in [5, 5.41) is 7.22. The molecule has 152 valence electrons. The molecule has 0 spiro atoms. The minimum absolute atomic E-state index is 0.0712. The number of carbonyl (C=O) groups excluding carboxylic acids is 1. The van der Waals surface area contributed by atoms with Crippen molar-refractivity contribution in [1.29, 1.82) is 0 Å². The number of ether oxygens (including phenoxy) is 1. The molecule has 3 rings (SSSR count). The van der Waals surface area contributed by atoms with Gasteiger partial charge >= 0.3 is 6.36 Å². The highest BCUT2D eigenvalue weighted by atomic mass is 35.5. The summed E-state index contributed by atoms with van der Waals surface area (Å²) < 4.78 is 41.9. The first-order valence-corrected chi connectivity index (χ1v) is 8.97. The van der Waals surface area contributed by atoms with E-state index in [0.29, 0.717) is 5.69 Å². The van der Waals surface area contributed by atoms with Gasteiger partial charge in [0.05, 0.1) is 17.6 Å². The topological polar surface area (TPSA) is 128 Å². The number of primary amides is 1. The maximum Gasteiger partial charge on any atom is 0.573 e. The summed E-state index contributed by atoms with van der Waals surface area (Å²) in [6.07, 6.45) is -3.68. The van der Waals surface area contributed by atoms with Gasteiger partial charge in [-0.1, -0.05) is 11.6 Å². The van der Waals surface area contributed by atoms with Gasteiger partial charge < -0.3 is 26.8 Å². The Balaban J connectivity index is 1.89. The van der Waals surface area contributed by atoms with Crippen LogP contribution in [0.2, 0.25) is 5.02 Å². The van der Waals surface area contributed by atoms with Gasteiger partial charge in [0.2, 0.25) is 5.95 Å². The lowest BCUT2D eigenvalue weighted by molar-refractivity contribution is -0.274. The summed E-state index contributed by atoms with van der Waals surface area (Å²) in [5.41, 5.74) is 11.2. The number of alkyl halides is 3. The molecule has 13 heteroatoms. The predicted molar refractivity (Wildman–Crippen MR) is 104 cm³/mol. The molecule has 0 aliphatic rings. The first-order valence-electron chi connectivity index (χ1n) is 7.71. The zero-order valence-corrected chi connectivity index (χ0v) is 15.8. The van der Waals surface area contributed by atoms with Crippen LogP contribution in [0.4, 0.5) is 42.0 Å². The van der Waals surface area contributed by atoms with E-state index < -0.39 is 18.0 Å². The molecule has 2 aromatic heterocycles. The first-order chi connectivity index (χ1) is 13.6. The van der Waals surface area contributed by atoms with Crippen molar-refractivity contribution in [3.8, 4) is 5.75 Å². The molecule has 0 fully saturated rings. The van der Waals surface area contributed by atoms with Crippen LogP contribution in [0.25, 0.3) is 0 Å². The molecular formula is C16H12ClF3N6O2S. The van der Waals surface area contributed by atoms with E-state index in [1.807, 2.05) is 0 Å². The third kappa shape index (κ3) is 5.18. The zero-order valence-electron chi connectivity index (χ0n) is 14.2. The maximum absolute atomic E-state index is 12.6. The second-order valence-corrected chi connectivity index (χ2v) is 6.79. The van der Waals surface area contributed by atoms with E-state index in [9.17, 15) is 18.0 Å². The van der Waals surface area contributed by atoms with Crippen LogP contribution < -0.4 is 26.8 Å². The van der Waals surface area contributed by atoms with Crippen LogP contribution in [0.15, 0.2) is 35.8 Å². The normalized spacial score (nSPS) is 11.2. The summed E-state index contributed by atoms with van der Waals surface area (Å²) in [4.78, 5) is 19.8. The molecule has 1 amide bonds. The Morgan fingerprint density at radius 3 is 2.66 bits per heavy atom. The highest BCUT2D eigenvalue weighted by Gasteiger charge is 2.32. The molecule has 0 aliphatic carbocycles. The van der Waals surface area contributed by atoms with Crippen LogP contribution >= 0.6 is 22.9 Å². The molecule has 0 saturated heterocycles. The van der Waals surface area contributed by atoms with Crippen LogP contribution in [0, 0.1) is 0 Å². The maximum atomic E-state index is 12.6. The van der Waals surface area contributed by atoms with Crippen molar-refractivity contribution in [3.05, 3.63) is 45.7 Å². The van der Waals surface area contributed by atoms with Crippen molar-refractivity contribution in [2.75, 3.05) is 16.4 Å². The summed E-state index contributed by atoms with van der Waals surface area (Å²) in [7, 11) is 0. The fraction of sp³-hybridized carbons (Fsp3) is 0.0625. The molecule has 0 unspecified atom stereocenters. The van der Waals surface area contributed by atoms with Gasteiger partial charge in [-0.2, -0.15) is 4.98 Å². The van der Waals surface area contributed by atoms with Gasteiger partial charge in [-0.05, 0) is 23.6 Å². The third-order valence-corrected chi connectivity index (χ3v) is 4.57. The molecule has 0 bridgehead atoms. The van der Waals surface area contributed by atoms with Crippen LogP contribution in [0.1, 0.15) is 9.67 Å². The molecule has 29 heavy (non-hydrogen) atoms. The molecule has 0 saturated carbocycles. The van der Waals surface area contributed by atoms with Crippen molar-refractivity contribution >= 4 is 57.7 Å². The number of nitrogens with zero attached hydrogens (tertiary/aromatic N) is 2. The average Bonchev–Trinajstić information content (AvgIpc) is 3.07. The summed E-state index contributed by atoms with van der Waals surface area (Å²) in [5.74, 6) is -1.16. The van der Waals surface area contributed by atoms with E-state index in [1.165, 1.54) is 18.3 Å². The molecule has 0 aliphatic heterocycles. The number of anilines is 5. The van der Waals surface area contributed by atoms with E-state index in [2.05, 4.69) is 25.3 Å². The number of hydrogen-bond donors (Lipinski definition) is 4. The number of carbonyl (C=O) groups is 1. The number of benzene rings is 1. The lowest BCUT2D eigenvalue weighted by Crippen LogP contribution is -2.18. The molecule has 2 heterocycles. The fourth-order valence-electron chi connectivity index (χ4n) is 2.21. The number of nitrogen functional groups attached to an aromatic ring is 1. The van der Waals surface area contributed by atoms with Gasteiger partial charge in [-0.25, -0.2) is 4.98 Å². The van der Waals surface area contributed by atoms with E-state index in [4.69, 9.17) is 23.1 Å². The number of amides is 1. The quantitative estimate of drug-likeness (QED) is 0.418. The second kappa shape index (κ2) is 8.01. The Labute approximate surface area is 170 Å². The Hall–Kier alpha value is -3.25. The SMILES string of the molecule is NC(=O)c1sccc1Nc1nc(Nc2ccc(N)cc2OC(F)(F)F)ncc1Cl. The molecule has 6 N–H and O–H groups in total. The van der Waals surface area contributed by atoms with Crippen molar-refractivity contribution in [2.24, 2.45) is 5.73 Å². The van der Waals surface area contributed by atoms with Gasteiger partial charge in [0.1, 0.15) is 9.90 Å². The lowest BCUT2D eigenvalue weighted by atomic mass is 10.2. The molecule has 8 nitrogen and oxygen atoms in total. The number of hydrogen-bond acceptors (Lipinski definition) is 8. The average molecular weight is 445 g/mol. The molecule has 1 aromatic carbocycles. The lowest BCUT2D eigenvalue weighted by Gasteiger charge is -2.15. The minimum Gasteiger partial charge on any atom is -0.403 e. The Kier molecular flexibility index (Phi) is 5.66. The highest BCUT2D eigenvalue weighted by Crippen LogP contribution is 2.34. The fourth-order valence-corrected chi connectivity index (χ4v) is 3.05. The van der Waals surface area contributed by atoms with Crippen LogP contribution in [0.5, 0.6) is 5.75 Å². The van der Waals surface area contributed by atoms with E-state index in [0.717, 1.165) is 17.4 Å². The summed E-state index contributed by atoms with van der Waals surface area (Å²) >= 11 is 7.19. The van der Waals surface area contributed by atoms with Crippen molar-refractivity contribution < 1.29 is 22.7 Å². The number of aromatic nitrogens is 2. The third-order valence-electron chi connectivity index (χ3n) is 3.36. The van der Waals surface area contributed by atoms with Gasteiger partial charge in [0.15, 0.2) is 11.6 Å². The summed E-state index contributed by atoms with van der Waals surface area (Å²) in [6.45, 7) is 0. The number of nitrogens with two attached hydrogens (primary N) is 2. The van der Waals surface area contributed by atoms with Crippen LogP contribution in [-0.2, 0) is 0 Å². The minimum atomic E-state index is -4.91. The van der Waals surface area contributed by atoms with Crippen LogP contribution in [0.3, 0.4) is 0 Å². The van der Waals surface area contributed by atoms with Gasteiger partial charge in [-0.3, -0.25) is 4.79 Å². The van der Waals surface area contributed by atoms with Gasteiger partial charge in [-0.15, -0.1) is 24.5 Å². The monoisotopic (exact) mass is 444 g/mol. The van der Waals surface area contributed by atoms with E-state index >= 15 is 0 Å². The molecule has 3 aromatic rings. The molecular weight excluding hydrogens is 433 g/mol. The Bertz CT molecular complexity index is 1060. The highest BCUT2D eigenvalue weighted by molar-refractivity contribution is 7.12. The molecule has 0 radical (unpaired) electrons. The van der Waals surface area contributed by atoms with Crippen molar-refractivity contribution in [3.63, 3.8) is 0 Å². The smallest absolute Gasteiger partial charge is 0.403 e. The molecule has 0 atom stereocenters. The number of nitrogens with one attached hydrogen (secondary N) is 2. The van der Waals surface area contributed by atoms with Crippen molar-refractivity contribution in [1.82, 2.24) is 9.97 Å². The predicted octanol–water partition coefficient (Wildman–Crippen LogP) is 4.26. The number of thiophene rings is 1. The number of rotatable bonds is 6. The van der Waals surface area contributed by atoms with Gasteiger partial charge in [0, 0.05) is 11.8 Å². The Morgan fingerprint density at radius 2 is 1.97 bits per heavy atom. The standard InChI is InChI=1S/C16H12ClF3N6O2S/c17-8-6-23-15(26-14(8)24-10-3-4-29-12(10)13(22)27)25-9-2-1-7(21)5-11(9)28-16(18,19)20/h1-6H,21H2,(H2,22,27)(H2,23,24,25,26). The van der Waals surface area contributed by atoms with E-state index in [1.54, 1.807) is 11.4 Å². The summed E-state index contributed by atoms with van der Waals surface area (Å²) in [6, 6.07) is 5.28. The van der Waals surface area contributed by atoms with E-state index in [-0.39, 0.29) is 33.0 Å².